The normalized spacial score (nSPS) is 10.7. The number of aromatic nitrogens is 1. The highest BCUT2D eigenvalue weighted by Crippen LogP contribution is 2.30. The number of hydrogen-bond donors (Lipinski definition) is 1. The van der Waals surface area contributed by atoms with Gasteiger partial charge in [-0.05, 0) is 25.6 Å². The van der Waals surface area contributed by atoms with Gasteiger partial charge in [0.05, 0.1) is 21.8 Å². The second-order valence-electron chi connectivity index (χ2n) is 3.04. The van der Waals surface area contributed by atoms with Crippen LogP contribution in [0.5, 0.6) is 0 Å². The molecule has 0 aromatic carbocycles. The molecular formula is C10H12N2OS. The zero-order valence-electron chi connectivity index (χ0n) is 7.99. The molecule has 0 aliphatic rings. The Hall–Kier alpha value is -1.13. The summed E-state index contributed by atoms with van der Waals surface area (Å²) in [4.78, 5) is 5.54. The number of aryl methyl sites for hydroxylation is 1. The first-order valence-corrected chi connectivity index (χ1v) is 5.33. The van der Waals surface area contributed by atoms with Crippen LogP contribution in [0.15, 0.2) is 22.8 Å². The Morgan fingerprint density at radius 1 is 1.57 bits per heavy atom. The molecule has 0 aliphatic heterocycles. The molecule has 0 unspecified atom stereocenters. The van der Waals surface area contributed by atoms with Gasteiger partial charge in [-0.25, -0.2) is 4.98 Å². The Morgan fingerprint density at radius 2 is 2.43 bits per heavy atom. The molecular weight excluding hydrogens is 196 g/mol. The van der Waals surface area contributed by atoms with Gasteiger partial charge in [-0.15, -0.1) is 11.3 Å². The molecule has 0 bridgehead atoms. The van der Waals surface area contributed by atoms with Crippen molar-refractivity contribution in [2.45, 2.75) is 13.3 Å². The maximum Gasteiger partial charge on any atom is 0.145 e. The molecule has 0 saturated carbocycles. The van der Waals surface area contributed by atoms with Gasteiger partial charge in [0.15, 0.2) is 0 Å². The molecule has 2 heterocycles. The predicted octanol–water partition coefficient (Wildman–Crippen LogP) is 2.21. The predicted molar refractivity (Wildman–Crippen MR) is 57.3 cm³/mol. The van der Waals surface area contributed by atoms with E-state index in [9.17, 15) is 0 Å². The second-order valence-corrected chi connectivity index (χ2v) is 4.12. The number of furan rings is 1. The van der Waals surface area contributed by atoms with Crippen LogP contribution in [-0.4, -0.2) is 11.5 Å². The maximum atomic E-state index is 5.48. The van der Waals surface area contributed by atoms with Crippen LogP contribution in [0.2, 0.25) is 0 Å². The molecule has 0 amide bonds. The van der Waals surface area contributed by atoms with E-state index >= 15 is 0 Å². The molecule has 2 rings (SSSR count). The number of thiazole rings is 1. The lowest BCUT2D eigenvalue weighted by atomic mass is 10.3. The summed E-state index contributed by atoms with van der Waals surface area (Å²) in [6.07, 6.45) is 2.52. The maximum absolute atomic E-state index is 5.48. The molecule has 3 nitrogen and oxygen atoms in total. The molecule has 2 aromatic rings. The first-order valence-electron chi connectivity index (χ1n) is 4.51. The van der Waals surface area contributed by atoms with Crippen molar-refractivity contribution in [2.75, 3.05) is 6.54 Å². The molecule has 2 N–H and O–H groups in total. The van der Waals surface area contributed by atoms with E-state index in [-0.39, 0.29) is 0 Å². The summed E-state index contributed by atoms with van der Waals surface area (Å²) in [5.74, 6) is 0.892. The SMILES string of the molecule is Cc1nc(CCN)sc1-c1ccco1. The van der Waals surface area contributed by atoms with Crippen LogP contribution in [0.4, 0.5) is 0 Å². The average molecular weight is 208 g/mol. The first kappa shape index (κ1) is 9.43. The third kappa shape index (κ3) is 1.71. The summed E-state index contributed by atoms with van der Waals surface area (Å²) in [6, 6.07) is 3.84. The summed E-state index contributed by atoms with van der Waals surface area (Å²) < 4.78 is 5.33. The van der Waals surface area contributed by atoms with Gasteiger partial charge in [-0.2, -0.15) is 0 Å². The van der Waals surface area contributed by atoms with E-state index in [2.05, 4.69) is 4.98 Å². The third-order valence-electron chi connectivity index (χ3n) is 1.94. The van der Waals surface area contributed by atoms with Crippen LogP contribution in [0.25, 0.3) is 10.6 Å². The lowest BCUT2D eigenvalue weighted by molar-refractivity contribution is 0.583. The van der Waals surface area contributed by atoms with Gasteiger partial charge in [0.25, 0.3) is 0 Å². The van der Waals surface area contributed by atoms with Crippen LogP contribution in [0.1, 0.15) is 10.7 Å². The number of rotatable bonds is 3. The lowest BCUT2D eigenvalue weighted by Gasteiger charge is -1.89. The van der Waals surface area contributed by atoms with Crippen LogP contribution < -0.4 is 5.73 Å². The van der Waals surface area contributed by atoms with Crippen molar-refractivity contribution in [1.29, 1.82) is 0 Å². The van der Waals surface area contributed by atoms with Crippen molar-refractivity contribution in [3.63, 3.8) is 0 Å². The van der Waals surface area contributed by atoms with E-state index in [4.69, 9.17) is 10.2 Å². The number of nitrogens with two attached hydrogens (primary N) is 1. The molecule has 4 heteroatoms. The Labute approximate surface area is 86.6 Å². The van der Waals surface area contributed by atoms with Crippen LogP contribution >= 0.6 is 11.3 Å². The molecule has 0 fully saturated rings. The summed E-state index contributed by atoms with van der Waals surface area (Å²) in [7, 11) is 0. The fraction of sp³-hybridized carbons (Fsp3) is 0.300. The fourth-order valence-electron chi connectivity index (χ4n) is 1.32. The van der Waals surface area contributed by atoms with Crippen molar-refractivity contribution in [3.8, 4) is 10.6 Å². The molecule has 0 atom stereocenters. The summed E-state index contributed by atoms with van der Waals surface area (Å²) in [5, 5.41) is 1.08. The van der Waals surface area contributed by atoms with Crippen molar-refractivity contribution < 1.29 is 4.42 Å². The molecule has 14 heavy (non-hydrogen) atoms. The minimum Gasteiger partial charge on any atom is -0.463 e. The summed E-state index contributed by atoms with van der Waals surface area (Å²) in [5.41, 5.74) is 6.50. The van der Waals surface area contributed by atoms with Crippen LogP contribution in [-0.2, 0) is 6.42 Å². The van der Waals surface area contributed by atoms with Crippen molar-refractivity contribution in [1.82, 2.24) is 4.98 Å². The summed E-state index contributed by atoms with van der Waals surface area (Å²) >= 11 is 1.66. The Bertz CT molecular complexity index is 406. The lowest BCUT2D eigenvalue weighted by Crippen LogP contribution is -2.01. The average Bonchev–Trinajstić information content (AvgIpc) is 2.74. The quantitative estimate of drug-likeness (QED) is 0.841. The topological polar surface area (TPSA) is 52.0 Å². The molecule has 2 aromatic heterocycles. The van der Waals surface area contributed by atoms with Crippen molar-refractivity contribution >= 4 is 11.3 Å². The van der Waals surface area contributed by atoms with Gasteiger partial charge in [-0.3, -0.25) is 0 Å². The zero-order chi connectivity index (χ0) is 9.97. The first-order chi connectivity index (χ1) is 6.81. The smallest absolute Gasteiger partial charge is 0.145 e. The fourth-order valence-corrected chi connectivity index (χ4v) is 2.37. The van der Waals surface area contributed by atoms with Gasteiger partial charge in [0.2, 0.25) is 0 Å². The van der Waals surface area contributed by atoms with Gasteiger partial charge in [0.1, 0.15) is 5.76 Å². The molecule has 0 radical (unpaired) electrons. The highest BCUT2D eigenvalue weighted by atomic mass is 32.1. The minimum atomic E-state index is 0.643. The van der Waals surface area contributed by atoms with Gasteiger partial charge >= 0.3 is 0 Å². The van der Waals surface area contributed by atoms with Crippen molar-refractivity contribution in [3.05, 3.63) is 29.1 Å². The third-order valence-corrected chi connectivity index (χ3v) is 3.18. The molecule has 74 valence electrons. The van der Waals surface area contributed by atoms with Gasteiger partial charge in [0, 0.05) is 6.42 Å². The van der Waals surface area contributed by atoms with E-state index in [0.717, 1.165) is 27.8 Å². The highest BCUT2D eigenvalue weighted by Gasteiger charge is 2.10. The van der Waals surface area contributed by atoms with E-state index in [0.29, 0.717) is 6.54 Å². The number of hydrogen-bond acceptors (Lipinski definition) is 4. The van der Waals surface area contributed by atoms with Gasteiger partial charge < -0.3 is 10.2 Å². The molecule has 0 aliphatic carbocycles. The van der Waals surface area contributed by atoms with Crippen molar-refractivity contribution in [2.24, 2.45) is 5.73 Å². The second kappa shape index (κ2) is 3.94. The van der Waals surface area contributed by atoms with E-state index in [1.165, 1.54) is 0 Å². The minimum absolute atomic E-state index is 0.643. The Balaban J connectivity index is 2.35. The molecule has 0 spiro atoms. The zero-order valence-corrected chi connectivity index (χ0v) is 8.80. The molecule has 0 saturated heterocycles. The van der Waals surface area contributed by atoms with Crippen LogP contribution in [0, 0.1) is 6.92 Å². The Kier molecular flexibility index (Phi) is 2.65. The monoisotopic (exact) mass is 208 g/mol. The van der Waals surface area contributed by atoms with Crippen LogP contribution in [0.3, 0.4) is 0 Å². The largest absolute Gasteiger partial charge is 0.463 e. The van der Waals surface area contributed by atoms with E-state index in [1.807, 2.05) is 19.1 Å². The van der Waals surface area contributed by atoms with E-state index in [1.54, 1.807) is 17.6 Å². The summed E-state index contributed by atoms with van der Waals surface area (Å²) in [6.45, 7) is 2.64. The van der Waals surface area contributed by atoms with E-state index < -0.39 is 0 Å². The highest BCUT2D eigenvalue weighted by molar-refractivity contribution is 7.15. The van der Waals surface area contributed by atoms with Gasteiger partial charge in [-0.1, -0.05) is 0 Å². The standard InChI is InChI=1S/C10H12N2OS/c1-7-10(8-3-2-6-13-8)14-9(12-7)4-5-11/h2-3,6H,4-5,11H2,1H3. The Morgan fingerprint density at radius 3 is 3.07 bits per heavy atom. The number of nitrogens with zero attached hydrogens (tertiary/aromatic N) is 1.